The van der Waals surface area contributed by atoms with E-state index in [9.17, 15) is 0 Å². The first-order valence-corrected chi connectivity index (χ1v) is 4.48. The lowest BCUT2D eigenvalue weighted by Crippen LogP contribution is -2.19. The van der Waals surface area contributed by atoms with Crippen LogP contribution in [0.5, 0.6) is 0 Å². The molecule has 2 atom stereocenters. The molecule has 8 heavy (non-hydrogen) atoms. The Kier molecular flexibility index (Phi) is 2.49. The van der Waals surface area contributed by atoms with Crippen molar-refractivity contribution in [2.45, 2.75) is 10.9 Å². The Bertz CT molecular complexity index is 60.4. The van der Waals surface area contributed by atoms with Crippen molar-refractivity contribution in [3.8, 4) is 0 Å². The minimum absolute atomic E-state index is 0.261. The molecule has 1 aliphatic rings. The molecule has 0 aromatic heterocycles. The summed E-state index contributed by atoms with van der Waals surface area (Å²) in [7, 11) is 0. The van der Waals surface area contributed by atoms with Gasteiger partial charge in [-0.3, -0.25) is 0 Å². The van der Waals surface area contributed by atoms with E-state index in [0.29, 0.717) is 11.5 Å². The summed E-state index contributed by atoms with van der Waals surface area (Å²) in [5.74, 6) is 1.32. The second kappa shape index (κ2) is 2.96. The Morgan fingerprint density at radius 1 is 1.00 bits per heavy atom. The van der Waals surface area contributed by atoms with Gasteiger partial charge in [0.2, 0.25) is 0 Å². The molecule has 0 unspecified atom stereocenters. The van der Waals surface area contributed by atoms with E-state index in [1.807, 2.05) is 0 Å². The van der Waals surface area contributed by atoms with Gasteiger partial charge in [-0.25, -0.2) is 0 Å². The van der Waals surface area contributed by atoms with Crippen LogP contribution in [-0.2, 0) is 0 Å². The highest BCUT2D eigenvalue weighted by Gasteiger charge is 2.16. The van der Waals surface area contributed by atoms with E-state index in [2.05, 4.69) is 0 Å². The molecule has 0 spiro atoms. The number of aliphatic hydroxyl groups is 2. The van der Waals surface area contributed by atoms with Gasteiger partial charge in [-0.05, 0) is 0 Å². The van der Waals surface area contributed by atoms with Gasteiger partial charge in [0.05, 0.1) is 0 Å². The standard InChI is InChI=1S/C4H8O2S2/c5-3-1-7-4(6)2-8-3/h3-6H,1-2H2/t3-,4+. The van der Waals surface area contributed by atoms with E-state index in [4.69, 9.17) is 10.2 Å². The third kappa shape index (κ3) is 1.85. The molecule has 2 nitrogen and oxygen atoms in total. The lowest BCUT2D eigenvalue weighted by Gasteiger charge is -2.19. The summed E-state index contributed by atoms with van der Waals surface area (Å²) >= 11 is 2.82. The van der Waals surface area contributed by atoms with Gasteiger partial charge in [0.25, 0.3) is 0 Å². The van der Waals surface area contributed by atoms with Gasteiger partial charge in [-0.2, -0.15) is 0 Å². The van der Waals surface area contributed by atoms with Crippen LogP contribution in [0.2, 0.25) is 0 Å². The molecule has 0 amide bonds. The van der Waals surface area contributed by atoms with Crippen molar-refractivity contribution in [3.05, 3.63) is 0 Å². The topological polar surface area (TPSA) is 40.5 Å². The predicted molar refractivity (Wildman–Crippen MR) is 36.9 cm³/mol. The van der Waals surface area contributed by atoms with Gasteiger partial charge in [0.15, 0.2) is 0 Å². The van der Waals surface area contributed by atoms with Crippen LogP contribution in [0, 0.1) is 0 Å². The maximum atomic E-state index is 8.86. The maximum Gasteiger partial charge on any atom is 0.108 e. The van der Waals surface area contributed by atoms with Gasteiger partial charge in [0.1, 0.15) is 10.9 Å². The number of hydrogen-bond donors (Lipinski definition) is 2. The van der Waals surface area contributed by atoms with E-state index >= 15 is 0 Å². The summed E-state index contributed by atoms with van der Waals surface area (Å²) < 4.78 is 0. The molecule has 0 saturated carbocycles. The molecule has 1 fully saturated rings. The van der Waals surface area contributed by atoms with Gasteiger partial charge in [0, 0.05) is 11.5 Å². The van der Waals surface area contributed by atoms with Crippen LogP contribution in [0.25, 0.3) is 0 Å². The highest BCUT2D eigenvalue weighted by Crippen LogP contribution is 2.26. The molecule has 1 aliphatic heterocycles. The summed E-state index contributed by atoms with van der Waals surface area (Å²) in [6.45, 7) is 0. The lowest BCUT2D eigenvalue weighted by molar-refractivity contribution is 0.263. The minimum Gasteiger partial charge on any atom is -0.382 e. The lowest BCUT2D eigenvalue weighted by atomic mass is 10.8. The van der Waals surface area contributed by atoms with Crippen LogP contribution in [0.15, 0.2) is 0 Å². The van der Waals surface area contributed by atoms with Crippen molar-refractivity contribution < 1.29 is 10.2 Å². The van der Waals surface area contributed by atoms with Gasteiger partial charge < -0.3 is 10.2 Å². The third-order valence-corrected chi connectivity index (χ3v) is 3.40. The Morgan fingerprint density at radius 2 is 1.38 bits per heavy atom. The summed E-state index contributed by atoms with van der Waals surface area (Å²) in [4.78, 5) is 0. The quantitative estimate of drug-likeness (QED) is 0.516. The largest absolute Gasteiger partial charge is 0.382 e. The predicted octanol–water partition coefficient (Wildman–Crippen LogP) is 0.103. The number of hydrogen-bond acceptors (Lipinski definition) is 4. The van der Waals surface area contributed by atoms with E-state index in [0.717, 1.165) is 0 Å². The summed E-state index contributed by atoms with van der Waals surface area (Å²) in [6.07, 6.45) is 0. The average Bonchev–Trinajstić information content (AvgIpc) is 1.77. The molecule has 1 rings (SSSR count). The Balaban J connectivity index is 2.19. The van der Waals surface area contributed by atoms with E-state index in [1.165, 1.54) is 23.5 Å². The maximum absolute atomic E-state index is 8.86. The molecule has 0 aliphatic carbocycles. The molecular weight excluding hydrogens is 144 g/mol. The number of aliphatic hydroxyl groups excluding tert-OH is 2. The molecule has 2 N–H and O–H groups in total. The molecule has 4 heteroatoms. The number of thioether (sulfide) groups is 2. The summed E-state index contributed by atoms with van der Waals surface area (Å²) in [6, 6.07) is 0. The van der Waals surface area contributed by atoms with Crippen molar-refractivity contribution in [2.75, 3.05) is 11.5 Å². The molecule has 0 bridgehead atoms. The molecule has 1 heterocycles. The van der Waals surface area contributed by atoms with E-state index in [-0.39, 0.29) is 10.9 Å². The SMILES string of the molecule is O[C@@H]1CS[C@@H](O)CS1. The molecule has 48 valence electrons. The van der Waals surface area contributed by atoms with E-state index in [1.54, 1.807) is 0 Å². The first kappa shape index (κ1) is 6.74. The first-order chi connectivity index (χ1) is 3.79. The van der Waals surface area contributed by atoms with Crippen LogP contribution in [0.3, 0.4) is 0 Å². The zero-order valence-corrected chi connectivity index (χ0v) is 5.91. The molecule has 1 saturated heterocycles. The highest BCUT2D eigenvalue weighted by molar-refractivity contribution is 8.06. The zero-order valence-electron chi connectivity index (χ0n) is 4.28. The average molecular weight is 152 g/mol. The second-order valence-corrected chi connectivity index (χ2v) is 4.00. The Hall–Kier alpha value is 0.620. The highest BCUT2D eigenvalue weighted by atomic mass is 32.2. The van der Waals surface area contributed by atoms with E-state index < -0.39 is 0 Å². The Morgan fingerprint density at radius 3 is 1.62 bits per heavy atom. The van der Waals surface area contributed by atoms with Crippen molar-refractivity contribution in [3.63, 3.8) is 0 Å². The first-order valence-electron chi connectivity index (χ1n) is 2.38. The van der Waals surface area contributed by atoms with Crippen LogP contribution in [-0.4, -0.2) is 32.6 Å². The molecule has 0 aromatic rings. The normalized spacial score (nSPS) is 39.8. The monoisotopic (exact) mass is 152 g/mol. The fourth-order valence-electron chi connectivity index (χ4n) is 0.483. The minimum atomic E-state index is -0.261. The molecule has 0 aromatic carbocycles. The van der Waals surface area contributed by atoms with Crippen LogP contribution in [0.1, 0.15) is 0 Å². The van der Waals surface area contributed by atoms with Crippen LogP contribution in [0.4, 0.5) is 0 Å². The Labute approximate surface area is 56.7 Å². The third-order valence-electron chi connectivity index (χ3n) is 0.862. The van der Waals surface area contributed by atoms with Crippen molar-refractivity contribution in [1.29, 1.82) is 0 Å². The van der Waals surface area contributed by atoms with Crippen molar-refractivity contribution in [1.82, 2.24) is 0 Å². The summed E-state index contributed by atoms with van der Waals surface area (Å²) in [5, 5.41) is 17.7. The number of rotatable bonds is 0. The fraction of sp³-hybridized carbons (Fsp3) is 1.00. The van der Waals surface area contributed by atoms with Crippen LogP contribution < -0.4 is 0 Å². The second-order valence-electron chi connectivity index (χ2n) is 1.58. The zero-order chi connectivity index (χ0) is 5.98. The van der Waals surface area contributed by atoms with Crippen molar-refractivity contribution >= 4 is 23.5 Å². The van der Waals surface area contributed by atoms with Gasteiger partial charge in [-0.1, -0.05) is 0 Å². The molecular formula is C4H8O2S2. The summed E-state index contributed by atoms with van der Waals surface area (Å²) in [5.41, 5.74) is -0.521. The van der Waals surface area contributed by atoms with Crippen molar-refractivity contribution in [2.24, 2.45) is 0 Å². The van der Waals surface area contributed by atoms with Crippen LogP contribution >= 0.6 is 23.5 Å². The molecule has 0 radical (unpaired) electrons. The van der Waals surface area contributed by atoms with Gasteiger partial charge >= 0.3 is 0 Å². The van der Waals surface area contributed by atoms with Gasteiger partial charge in [-0.15, -0.1) is 23.5 Å². The fourth-order valence-corrected chi connectivity index (χ4v) is 2.50. The smallest absolute Gasteiger partial charge is 0.108 e.